The number of rotatable bonds is 6. The van der Waals surface area contributed by atoms with Gasteiger partial charge in [-0.15, -0.1) is 0 Å². The summed E-state index contributed by atoms with van der Waals surface area (Å²) in [6.07, 6.45) is 0. The fraction of sp³-hybridized carbons (Fsp3) is 0.294. The standard InChI is InChI=1S/C17H18N4O4S/c1-10(2)8-21-13(7-14(22)20-16(21)24)19-15(23)9-26-17-18-11-5-3-4-6-12(11)25-17/h3-7,10H,8-9H2,1-2H3,(H,19,23)(H,20,22,24). The van der Waals surface area contributed by atoms with Gasteiger partial charge in [-0.2, -0.15) is 0 Å². The molecule has 0 aliphatic carbocycles. The molecule has 3 aromatic rings. The second-order valence-corrected chi connectivity index (χ2v) is 7.04. The maximum absolute atomic E-state index is 12.2. The molecule has 8 nitrogen and oxygen atoms in total. The van der Waals surface area contributed by atoms with E-state index in [-0.39, 0.29) is 23.4 Å². The van der Waals surface area contributed by atoms with Crippen LogP contribution in [-0.2, 0) is 11.3 Å². The van der Waals surface area contributed by atoms with Crippen LogP contribution >= 0.6 is 11.8 Å². The Hall–Kier alpha value is -2.81. The fourth-order valence-corrected chi connectivity index (χ4v) is 3.03. The molecule has 1 aromatic carbocycles. The summed E-state index contributed by atoms with van der Waals surface area (Å²) in [4.78, 5) is 42.3. The van der Waals surface area contributed by atoms with Gasteiger partial charge in [0.05, 0.1) is 5.75 Å². The van der Waals surface area contributed by atoms with Crippen molar-refractivity contribution < 1.29 is 9.21 Å². The number of aromatic nitrogens is 3. The van der Waals surface area contributed by atoms with Gasteiger partial charge in [-0.1, -0.05) is 37.7 Å². The summed E-state index contributed by atoms with van der Waals surface area (Å²) < 4.78 is 6.89. The highest BCUT2D eigenvalue weighted by Gasteiger charge is 2.13. The molecule has 0 saturated heterocycles. The zero-order valence-electron chi connectivity index (χ0n) is 14.3. The van der Waals surface area contributed by atoms with E-state index in [1.807, 2.05) is 32.0 Å². The number of thioether (sulfide) groups is 1. The number of benzene rings is 1. The quantitative estimate of drug-likeness (QED) is 0.639. The van der Waals surface area contributed by atoms with Gasteiger partial charge in [-0.05, 0) is 18.1 Å². The molecular weight excluding hydrogens is 356 g/mol. The van der Waals surface area contributed by atoms with Crippen LogP contribution in [0.3, 0.4) is 0 Å². The molecule has 2 N–H and O–H groups in total. The van der Waals surface area contributed by atoms with Crippen molar-refractivity contribution in [2.75, 3.05) is 11.1 Å². The first-order chi connectivity index (χ1) is 12.4. The number of nitrogens with one attached hydrogen (secondary N) is 2. The number of para-hydroxylation sites is 2. The third kappa shape index (κ3) is 4.23. The zero-order chi connectivity index (χ0) is 18.7. The zero-order valence-corrected chi connectivity index (χ0v) is 15.1. The number of anilines is 1. The van der Waals surface area contributed by atoms with E-state index in [2.05, 4.69) is 15.3 Å². The Kier molecular flexibility index (Phi) is 5.27. The number of amides is 1. The molecule has 3 rings (SSSR count). The van der Waals surface area contributed by atoms with Crippen molar-refractivity contribution in [3.8, 4) is 0 Å². The maximum atomic E-state index is 12.2. The number of hydrogen-bond donors (Lipinski definition) is 2. The lowest BCUT2D eigenvalue weighted by Crippen LogP contribution is -2.34. The van der Waals surface area contributed by atoms with E-state index < -0.39 is 11.2 Å². The first kappa shape index (κ1) is 18.0. The van der Waals surface area contributed by atoms with Gasteiger partial charge in [0, 0.05) is 12.6 Å². The van der Waals surface area contributed by atoms with Gasteiger partial charge in [-0.3, -0.25) is 19.1 Å². The lowest BCUT2D eigenvalue weighted by atomic mass is 10.2. The van der Waals surface area contributed by atoms with Crippen LogP contribution in [-0.4, -0.2) is 26.2 Å². The SMILES string of the molecule is CC(C)Cn1c(NC(=O)CSc2nc3ccccc3o2)cc(=O)[nH]c1=O. The highest BCUT2D eigenvalue weighted by molar-refractivity contribution is 7.99. The number of aromatic amines is 1. The van der Waals surface area contributed by atoms with Crippen molar-refractivity contribution in [3.63, 3.8) is 0 Å². The van der Waals surface area contributed by atoms with Crippen molar-refractivity contribution in [1.29, 1.82) is 0 Å². The number of nitrogens with zero attached hydrogens (tertiary/aromatic N) is 2. The van der Waals surface area contributed by atoms with Crippen LogP contribution in [0.15, 0.2) is 49.6 Å². The van der Waals surface area contributed by atoms with Crippen molar-refractivity contribution in [1.82, 2.24) is 14.5 Å². The average molecular weight is 374 g/mol. The van der Waals surface area contributed by atoms with Crippen molar-refractivity contribution in [3.05, 3.63) is 51.2 Å². The molecule has 9 heteroatoms. The molecule has 26 heavy (non-hydrogen) atoms. The monoisotopic (exact) mass is 374 g/mol. The van der Waals surface area contributed by atoms with Gasteiger partial charge in [0.2, 0.25) is 5.91 Å². The number of H-pyrrole nitrogens is 1. The number of carbonyl (C=O) groups excluding carboxylic acids is 1. The summed E-state index contributed by atoms with van der Waals surface area (Å²) in [7, 11) is 0. The Morgan fingerprint density at radius 3 is 2.85 bits per heavy atom. The molecule has 0 fully saturated rings. The minimum atomic E-state index is -0.558. The van der Waals surface area contributed by atoms with Gasteiger partial charge >= 0.3 is 5.69 Å². The predicted molar refractivity (Wildman–Crippen MR) is 99.5 cm³/mol. The number of carbonyl (C=O) groups is 1. The Morgan fingerprint density at radius 1 is 1.35 bits per heavy atom. The number of oxazole rings is 1. The summed E-state index contributed by atoms with van der Waals surface area (Å²) in [5.74, 6) is 0.0222. The van der Waals surface area contributed by atoms with Gasteiger partial charge < -0.3 is 9.73 Å². The van der Waals surface area contributed by atoms with Crippen molar-refractivity contribution in [2.45, 2.75) is 25.6 Å². The summed E-state index contributed by atoms with van der Waals surface area (Å²) in [5, 5.41) is 3.00. The molecule has 2 heterocycles. The highest BCUT2D eigenvalue weighted by Crippen LogP contribution is 2.23. The molecule has 0 saturated carbocycles. The Balaban J connectivity index is 1.71. The minimum absolute atomic E-state index is 0.0372. The normalized spacial score (nSPS) is 11.2. The second kappa shape index (κ2) is 7.61. The van der Waals surface area contributed by atoms with E-state index in [4.69, 9.17) is 4.42 Å². The summed E-state index contributed by atoms with van der Waals surface area (Å²) >= 11 is 1.14. The number of fused-ring (bicyclic) bond motifs is 1. The summed E-state index contributed by atoms with van der Waals surface area (Å²) in [6.45, 7) is 4.25. The van der Waals surface area contributed by atoms with Crippen LogP contribution in [0.1, 0.15) is 13.8 Å². The van der Waals surface area contributed by atoms with Crippen LogP contribution in [0.4, 0.5) is 5.82 Å². The Labute approximate surface area is 152 Å². The number of hydrogen-bond acceptors (Lipinski definition) is 6. The van der Waals surface area contributed by atoms with Gasteiger partial charge in [0.15, 0.2) is 5.58 Å². The highest BCUT2D eigenvalue weighted by atomic mass is 32.2. The lowest BCUT2D eigenvalue weighted by Gasteiger charge is -2.14. The Bertz CT molecular complexity index is 1020. The van der Waals surface area contributed by atoms with Crippen LogP contribution in [0.2, 0.25) is 0 Å². The van der Waals surface area contributed by atoms with E-state index in [0.717, 1.165) is 17.3 Å². The molecule has 0 radical (unpaired) electrons. The minimum Gasteiger partial charge on any atom is -0.431 e. The summed E-state index contributed by atoms with van der Waals surface area (Å²) in [5.41, 5.74) is 0.261. The van der Waals surface area contributed by atoms with Crippen LogP contribution < -0.4 is 16.6 Å². The van der Waals surface area contributed by atoms with Gasteiger partial charge in [0.1, 0.15) is 11.3 Å². The van der Waals surface area contributed by atoms with Crippen molar-refractivity contribution in [2.24, 2.45) is 5.92 Å². The molecule has 0 aliphatic heterocycles. The fourth-order valence-electron chi connectivity index (χ4n) is 2.39. The third-order valence-corrected chi connectivity index (χ3v) is 4.28. The smallest absolute Gasteiger partial charge is 0.329 e. The topological polar surface area (TPSA) is 110 Å². The second-order valence-electron chi connectivity index (χ2n) is 6.11. The molecule has 2 aromatic heterocycles. The van der Waals surface area contributed by atoms with Gasteiger partial charge in [-0.25, -0.2) is 9.78 Å². The molecule has 0 aliphatic rings. The first-order valence-corrected chi connectivity index (χ1v) is 9.03. The molecule has 0 bridgehead atoms. The van der Waals surface area contributed by atoms with Crippen molar-refractivity contribution >= 4 is 34.6 Å². The van der Waals surface area contributed by atoms with Crippen LogP contribution in [0.25, 0.3) is 11.1 Å². The van der Waals surface area contributed by atoms with E-state index in [1.165, 1.54) is 10.6 Å². The average Bonchev–Trinajstić information content (AvgIpc) is 2.99. The maximum Gasteiger partial charge on any atom is 0.329 e. The molecule has 1 amide bonds. The first-order valence-electron chi connectivity index (χ1n) is 8.05. The molecule has 0 spiro atoms. The summed E-state index contributed by atoms with van der Waals surface area (Å²) in [6, 6.07) is 8.52. The Morgan fingerprint density at radius 2 is 2.12 bits per heavy atom. The molecule has 136 valence electrons. The van der Waals surface area contributed by atoms with Crippen LogP contribution in [0, 0.1) is 5.92 Å². The van der Waals surface area contributed by atoms with E-state index in [9.17, 15) is 14.4 Å². The van der Waals surface area contributed by atoms with Crippen LogP contribution in [0.5, 0.6) is 0 Å². The molecular formula is C17H18N4O4S. The lowest BCUT2D eigenvalue weighted by molar-refractivity contribution is -0.113. The van der Waals surface area contributed by atoms with E-state index in [0.29, 0.717) is 17.4 Å². The van der Waals surface area contributed by atoms with E-state index >= 15 is 0 Å². The van der Waals surface area contributed by atoms with E-state index in [1.54, 1.807) is 6.07 Å². The van der Waals surface area contributed by atoms with Gasteiger partial charge in [0.25, 0.3) is 10.8 Å². The third-order valence-electron chi connectivity index (χ3n) is 3.45. The molecule has 0 atom stereocenters. The predicted octanol–water partition coefficient (Wildman–Crippen LogP) is 2.06. The molecule has 0 unspecified atom stereocenters. The largest absolute Gasteiger partial charge is 0.431 e.